The number of benzene rings is 1. The van der Waals surface area contributed by atoms with Gasteiger partial charge in [-0.3, -0.25) is 5.10 Å². The molecule has 2 rings (SSSR count). The van der Waals surface area contributed by atoms with E-state index in [1.807, 2.05) is 6.07 Å². The molecular weight excluding hydrogens is 356 g/mol. The number of nitrogens with two attached hydrogens (primary N) is 1. The second-order valence-electron chi connectivity index (χ2n) is 4.78. The van der Waals surface area contributed by atoms with Crippen molar-refractivity contribution in [2.24, 2.45) is 5.73 Å². The van der Waals surface area contributed by atoms with Gasteiger partial charge in [-0.15, -0.1) is 0 Å². The summed E-state index contributed by atoms with van der Waals surface area (Å²) in [6.45, 7) is 3.79. The highest BCUT2D eigenvalue weighted by Crippen LogP contribution is 2.26. The minimum absolute atomic E-state index is 0.229. The number of aromatic amines is 1. The second-order valence-corrected chi connectivity index (χ2v) is 7.32. The van der Waals surface area contributed by atoms with Crippen molar-refractivity contribution < 1.29 is 8.42 Å². The molecule has 0 spiro atoms. The Morgan fingerprint density at radius 2 is 2.19 bits per heavy atom. The lowest BCUT2D eigenvalue weighted by Crippen LogP contribution is -2.27. The van der Waals surface area contributed by atoms with E-state index in [-0.39, 0.29) is 17.5 Å². The molecule has 1 aromatic carbocycles. The Morgan fingerprint density at radius 3 is 2.76 bits per heavy atom. The Kier molecular flexibility index (Phi) is 4.82. The molecule has 0 bridgehead atoms. The molecule has 6 nitrogen and oxygen atoms in total. The van der Waals surface area contributed by atoms with Crippen molar-refractivity contribution in [2.45, 2.75) is 31.3 Å². The first kappa shape index (κ1) is 16.2. The molecule has 2 aromatic rings. The zero-order valence-corrected chi connectivity index (χ0v) is 14.1. The molecule has 1 atom stereocenters. The summed E-state index contributed by atoms with van der Waals surface area (Å²) >= 11 is 3.37. The summed E-state index contributed by atoms with van der Waals surface area (Å²) in [5.41, 5.74) is 7.79. The molecule has 0 saturated carbocycles. The van der Waals surface area contributed by atoms with Crippen molar-refractivity contribution in [3.05, 3.63) is 45.7 Å². The van der Waals surface area contributed by atoms with Crippen LogP contribution in [-0.4, -0.2) is 18.6 Å². The maximum absolute atomic E-state index is 12.6. The van der Waals surface area contributed by atoms with Gasteiger partial charge in [-0.05, 0) is 37.1 Å². The number of H-pyrrole nitrogens is 1. The second kappa shape index (κ2) is 6.27. The summed E-state index contributed by atoms with van der Waals surface area (Å²) < 4.78 is 28.5. The normalized spacial score (nSPS) is 13.3. The van der Waals surface area contributed by atoms with Crippen LogP contribution >= 0.6 is 15.9 Å². The number of hydrogen-bond donors (Lipinski definition) is 3. The Hall–Kier alpha value is -1.22. The maximum atomic E-state index is 12.6. The zero-order chi connectivity index (χ0) is 15.6. The molecule has 0 radical (unpaired) electrons. The molecule has 8 heteroatoms. The third-order valence-corrected chi connectivity index (χ3v) is 5.72. The van der Waals surface area contributed by atoms with Crippen LogP contribution in [0.1, 0.15) is 29.7 Å². The average Bonchev–Trinajstić information content (AvgIpc) is 2.95. The van der Waals surface area contributed by atoms with Crippen LogP contribution in [0.15, 0.2) is 33.9 Å². The third-order valence-electron chi connectivity index (χ3n) is 3.23. The lowest BCUT2D eigenvalue weighted by atomic mass is 10.1. The molecule has 1 aromatic heterocycles. The van der Waals surface area contributed by atoms with E-state index in [4.69, 9.17) is 5.73 Å². The Balaban J connectivity index is 2.38. The van der Waals surface area contributed by atoms with Crippen molar-refractivity contribution in [2.75, 3.05) is 0 Å². The van der Waals surface area contributed by atoms with Gasteiger partial charge in [0.25, 0.3) is 0 Å². The largest absolute Gasteiger partial charge is 0.326 e. The molecule has 0 aliphatic carbocycles. The van der Waals surface area contributed by atoms with Crippen LogP contribution in [-0.2, 0) is 16.6 Å². The fraction of sp³-hybridized carbons (Fsp3) is 0.308. The minimum Gasteiger partial charge on any atom is -0.326 e. The number of sulfonamides is 1. The van der Waals surface area contributed by atoms with Gasteiger partial charge >= 0.3 is 0 Å². The van der Waals surface area contributed by atoms with E-state index in [0.29, 0.717) is 5.56 Å². The molecule has 0 fully saturated rings. The van der Waals surface area contributed by atoms with Crippen LogP contribution in [0.25, 0.3) is 0 Å². The average molecular weight is 373 g/mol. The van der Waals surface area contributed by atoms with E-state index >= 15 is 0 Å². The van der Waals surface area contributed by atoms with E-state index < -0.39 is 10.0 Å². The smallest absolute Gasteiger partial charge is 0.241 e. The van der Waals surface area contributed by atoms with Crippen molar-refractivity contribution in [3.63, 3.8) is 0 Å². The van der Waals surface area contributed by atoms with Gasteiger partial charge in [0.1, 0.15) is 0 Å². The summed E-state index contributed by atoms with van der Waals surface area (Å²) in [7, 11) is -3.65. The molecule has 21 heavy (non-hydrogen) atoms. The number of aromatic nitrogens is 2. The Labute approximate surface area is 132 Å². The van der Waals surface area contributed by atoms with Crippen molar-refractivity contribution >= 4 is 26.0 Å². The van der Waals surface area contributed by atoms with Crippen LogP contribution in [0, 0.1) is 6.92 Å². The topological polar surface area (TPSA) is 101 Å². The lowest BCUT2D eigenvalue weighted by Gasteiger charge is -2.16. The van der Waals surface area contributed by atoms with Gasteiger partial charge < -0.3 is 5.73 Å². The van der Waals surface area contributed by atoms with Gasteiger partial charge in [-0.25, -0.2) is 13.1 Å². The summed E-state index contributed by atoms with van der Waals surface area (Å²) in [6, 6.07) is 3.05. The van der Waals surface area contributed by atoms with Crippen LogP contribution in [0.2, 0.25) is 0 Å². The van der Waals surface area contributed by atoms with Gasteiger partial charge in [0.05, 0.1) is 11.1 Å². The maximum Gasteiger partial charge on any atom is 0.241 e. The minimum atomic E-state index is -3.65. The number of halogens is 1. The molecule has 0 amide bonds. The summed E-state index contributed by atoms with van der Waals surface area (Å²) in [4.78, 5) is 0.229. The van der Waals surface area contributed by atoms with Crippen LogP contribution < -0.4 is 10.5 Å². The molecule has 0 aliphatic heterocycles. The summed E-state index contributed by atoms with van der Waals surface area (Å²) in [6.07, 6.45) is 3.25. The number of nitrogens with zero attached hydrogens (tertiary/aromatic N) is 1. The first-order valence-electron chi connectivity index (χ1n) is 6.35. The van der Waals surface area contributed by atoms with E-state index in [1.165, 1.54) is 0 Å². The first-order chi connectivity index (χ1) is 9.85. The summed E-state index contributed by atoms with van der Waals surface area (Å²) in [5.74, 6) is 0. The fourth-order valence-corrected chi connectivity index (χ4v) is 4.15. The van der Waals surface area contributed by atoms with E-state index in [9.17, 15) is 8.42 Å². The van der Waals surface area contributed by atoms with Gasteiger partial charge in [-0.2, -0.15) is 5.10 Å². The van der Waals surface area contributed by atoms with Crippen LogP contribution in [0.4, 0.5) is 0 Å². The monoisotopic (exact) mass is 372 g/mol. The molecule has 1 heterocycles. The molecular formula is C13H17BrN4O2S. The Morgan fingerprint density at radius 1 is 1.48 bits per heavy atom. The summed E-state index contributed by atoms with van der Waals surface area (Å²) in [5, 5.41) is 6.49. The first-order valence-corrected chi connectivity index (χ1v) is 8.63. The highest BCUT2D eigenvalue weighted by molar-refractivity contribution is 9.10. The van der Waals surface area contributed by atoms with Crippen LogP contribution in [0.3, 0.4) is 0 Å². The molecule has 0 aliphatic rings. The van der Waals surface area contributed by atoms with Crippen molar-refractivity contribution in [3.8, 4) is 0 Å². The SMILES string of the molecule is Cc1c(Br)cc(CN)cc1S(=O)(=O)NC(C)c1cn[nH]c1. The third kappa shape index (κ3) is 3.52. The molecule has 0 saturated heterocycles. The molecule has 1 unspecified atom stereocenters. The molecule has 114 valence electrons. The predicted molar refractivity (Wildman–Crippen MR) is 84.1 cm³/mol. The lowest BCUT2D eigenvalue weighted by molar-refractivity contribution is 0.566. The highest BCUT2D eigenvalue weighted by atomic mass is 79.9. The number of rotatable bonds is 5. The molecule has 4 N–H and O–H groups in total. The van der Waals surface area contributed by atoms with Gasteiger partial charge in [0, 0.05) is 28.8 Å². The number of nitrogens with one attached hydrogen (secondary N) is 2. The van der Waals surface area contributed by atoms with E-state index in [2.05, 4.69) is 30.8 Å². The van der Waals surface area contributed by atoms with Crippen LogP contribution in [0.5, 0.6) is 0 Å². The van der Waals surface area contributed by atoms with E-state index in [1.54, 1.807) is 32.3 Å². The van der Waals surface area contributed by atoms with Gasteiger partial charge in [0.2, 0.25) is 10.0 Å². The highest BCUT2D eigenvalue weighted by Gasteiger charge is 2.22. The Bertz CT molecular complexity index is 729. The zero-order valence-electron chi connectivity index (χ0n) is 11.7. The van der Waals surface area contributed by atoms with Crippen molar-refractivity contribution in [1.82, 2.24) is 14.9 Å². The standard InChI is InChI=1S/C13H17BrN4O2S/c1-8-12(14)3-10(5-15)4-13(8)21(19,20)18-9(2)11-6-16-17-7-11/h3-4,6-7,9,18H,5,15H2,1-2H3,(H,16,17). The van der Waals surface area contributed by atoms with Crippen molar-refractivity contribution in [1.29, 1.82) is 0 Å². The van der Waals surface area contributed by atoms with Gasteiger partial charge in [0.15, 0.2) is 0 Å². The van der Waals surface area contributed by atoms with E-state index in [0.717, 1.165) is 15.6 Å². The fourth-order valence-electron chi connectivity index (χ4n) is 1.97. The van der Waals surface area contributed by atoms with Gasteiger partial charge in [-0.1, -0.05) is 15.9 Å². The quantitative estimate of drug-likeness (QED) is 0.746. The number of hydrogen-bond acceptors (Lipinski definition) is 4. The predicted octanol–water partition coefficient (Wildman–Crippen LogP) is 1.98.